The molecule has 0 aromatic heterocycles. The van der Waals surface area contributed by atoms with Gasteiger partial charge in [-0.2, -0.15) is 0 Å². The molecule has 2 aliphatic rings. The van der Waals surface area contributed by atoms with E-state index < -0.39 is 0 Å². The zero-order valence-corrected chi connectivity index (χ0v) is 12.8. The van der Waals surface area contributed by atoms with Crippen molar-refractivity contribution in [3.8, 4) is 11.5 Å². The maximum absolute atomic E-state index is 5.76. The Balaban J connectivity index is 1.87. The molecule has 0 amide bonds. The molecule has 0 unspecified atom stereocenters. The molecule has 1 fully saturated rings. The van der Waals surface area contributed by atoms with E-state index in [1.165, 1.54) is 11.1 Å². The maximum atomic E-state index is 5.76. The number of hydrogen-bond donors (Lipinski definition) is 1. The van der Waals surface area contributed by atoms with Gasteiger partial charge >= 0.3 is 0 Å². The second kappa shape index (κ2) is 5.69. The van der Waals surface area contributed by atoms with E-state index in [0.717, 1.165) is 48.7 Å². The summed E-state index contributed by atoms with van der Waals surface area (Å²) in [7, 11) is 0. The molecule has 4 nitrogen and oxygen atoms in total. The minimum atomic E-state index is 0.635. The van der Waals surface area contributed by atoms with E-state index in [-0.39, 0.29) is 0 Å². The van der Waals surface area contributed by atoms with Gasteiger partial charge in [-0.15, -0.1) is 0 Å². The fourth-order valence-corrected chi connectivity index (χ4v) is 3.27. The van der Waals surface area contributed by atoms with Crippen LogP contribution in [0.4, 0.5) is 0 Å². The predicted octanol–water partition coefficient (Wildman–Crippen LogP) is 1.93. The van der Waals surface area contributed by atoms with Crippen molar-refractivity contribution in [3.05, 3.63) is 21.7 Å². The molecule has 0 radical (unpaired) electrons. The first-order valence-corrected chi connectivity index (χ1v) is 7.55. The lowest BCUT2D eigenvalue weighted by Gasteiger charge is -2.29. The zero-order valence-electron chi connectivity index (χ0n) is 11.2. The largest absolute Gasteiger partial charge is 0.486 e. The summed E-state index contributed by atoms with van der Waals surface area (Å²) >= 11 is 3.68. The van der Waals surface area contributed by atoms with Crippen LogP contribution in [0.15, 0.2) is 10.5 Å². The molecule has 0 aliphatic carbocycles. The molecule has 1 aromatic carbocycles. The minimum Gasteiger partial charge on any atom is -0.486 e. The lowest BCUT2D eigenvalue weighted by atomic mass is 10.1. The summed E-state index contributed by atoms with van der Waals surface area (Å²) in [6.45, 7) is 8.70. The van der Waals surface area contributed by atoms with E-state index in [0.29, 0.717) is 13.2 Å². The predicted molar refractivity (Wildman–Crippen MR) is 78.0 cm³/mol. The van der Waals surface area contributed by atoms with Crippen LogP contribution < -0.4 is 14.8 Å². The standard InChI is InChI=1S/C14H19BrN2O2/c1-10-11(9-17-4-2-16-3-5-17)12(15)8-13-14(10)19-7-6-18-13/h8,16H,2-7,9H2,1H3. The molecular weight excluding hydrogens is 308 g/mol. The van der Waals surface area contributed by atoms with Gasteiger partial charge in [0.15, 0.2) is 11.5 Å². The number of piperazine rings is 1. The van der Waals surface area contributed by atoms with E-state index >= 15 is 0 Å². The summed E-state index contributed by atoms with van der Waals surface area (Å²) in [4.78, 5) is 2.47. The Morgan fingerprint density at radius 2 is 2.00 bits per heavy atom. The number of benzene rings is 1. The third kappa shape index (κ3) is 2.73. The van der Waals surface area contributed by atoms with Gasteiger partial charge in [-0.25, -0.2) is 0 Å². The molecule has 2 aliphatic heterocycles. The molecule has 104 valence electrons. The van der Waals surface area contributed by atoms with Gasteiger partial charge in [-0.05, 0) is 18.6 Å². The fourth-order valence-electron chi connectivity index (χ4n) is 2.64. The van der Waals surface area contributed by atoms with Gasteiger partial charge in [0.25, 0.3) is 0 Å². The van der Waals surface area contributed by atoms with E-state index in [1.807, 2.05) is 6.07 Å². The normalized spacial score (nSPS) is 19.5. The highest BCUT2D eigenvalue weighted by Gasteiger charge is 2.21. The zero-order chi connectivity index (χ0) is 13.2. The van der Waals surface area contributed by atoms with E-state index in [4.69, 9.17) is 9.47 Å². The fraction of sp³-hybridized carbons (Fsp3) is 0.571. The van der Waals surface area contributed by atoms with E-state index in [1.54, 1.807) is 0 Å². The third-order valence-electron chi connectivity index (χ3n) is 3.74. The first-order valence-electron chi connectivity index (χ1n) is 6.76. The molecule has 5 heteroatoms. The molecule has 1 aromatic rings. The molecule has 19 heavy (non-hydrogen) atoms. The average molecular weight is 327 g/mol. The summed E-state index contributed by atoms with van der Waals surface area (Å²) in [5.74, 6) is 1.78. The number of fused-ring (bicyclic) bond motifs is 1. The summed E-state index contributed by atoms with van der Waals surface area (Å²) in [6.07, 6.45) is 0. The van der Waals surface area contributed by atoms with Crippen molar-refractivity contribution in [2.75, 3.05) is 39.4 Å². The Hall–Kier alpha value is -0.780. The third-order valence-corrected chi connectivity index (χ3v) is 4.45. The van der Waals surface area contributed by atoms with Gasteiger partial charge in [0.05, 0.1) is 0 Å². The van der Waals surface area contributed by atoms with E-state index in [9.17, 15) is 0 Å². The lowest BCUT2D eigenvalue weighted by Crippen LogP contribution is -2.43. The molecular formula is C14H19BrN2O2. The summed E-state index contributed by atoms with van der Waals surface area (Å²) < 4.78 is 12.5. The average Bonchev–Trinajstić information content (AvgIpc) is 2.45. The topological polar surface area (TPSA) is 33.7 Å². The molecule has 2 heterocycles. The van der Waals surface area contributed by atoms with Crippen LogP contribution in [0.5, 0.6) is 11.5 Å². The van der Waals surface area contributed by atoms with Gasteiger partial charge in [0.2, 0.25) is 0 Å². The monoisotopic (exact) mass is 326 g/mol. The highest BCUT2D eigenvalue weighted by atomic mass is 79.9. The minimum absolute atomic E-state index is 0.635. The van der Waals surface area contributed by atoms with E-state index in [2.05, 4.69) is 33.1 Å². The number of halogens is 1. The first kappa shape index (κ1) is 13.2. The Kier molecular flexibility index (Phi) is 3.96. The van der Waals surface area contributed by atoms with Gasteiger partial charge in [-0.3, -0.25) is 4.90 Å². The number of ether oxygens (including phenoxy) is 2. The number of rotatable bonds is 2. The van der Waals surface area contributed by atoms with Crippen molar-refractivity contribution in [1.82, 2.24) is 10.2 Å². The lowest BCUT2D eigenvalue weighted by molar-refractivity contribution is 0.169. The van der Waals surface area contributed by atoms with Crippen molar-refractivity contribution in [1.29, 1.82) is 0 Å². The Labute approximate surface area is 122 Å². The Bertz CT molecular complexity index is 473. The molecule has 0 saturated carbocycles. The highest BCUT2D eigenvalue weighted by Crippen LogP contribution is 2.40. The summed E-state index contributed by atoms with van der Waals surface area (Å²) in [5, 5.41) is 3.38. The smallest absolute Gasteiger partial charge is 0.164 e. The van der Waals surface area contributed by atoms with Crippen LogP contribution in [-0.2, 0) is 6.54 Å². The van der Waals surface area contributed by atoms with Crippen LogP contribution in [0.25, 0.3) is 0 Å². The van der Waals surface area contributed by atoms with Crippen LogP contribution in [-0.4, -0.2) is 44.3 Å². The Morgan fingerprint density at radius 3 is 2.79 bits per heavy atom. The number of hydrogen-bond acceptors (Lipinski definition) is 4. The molecule has 0 atom stereocenters. The highest BCUT2D eigenvalue weighted by molar-refractivity contribution is 9.10. The maximum Gasteiger partial charge on any atom is 0.164 e. The van der Waals surface area contributed by atoms with Gasteiger partial charge < -0.3 is 14.8 Å². The van der Waals surface area contributed by atoms with Crippen molar-refractivity contribution in [3.63, 3.8) is 0 Å². The second-order valence-corrected chi connectivity index (χ2v) is 5.87. The van der Waals surface area contributed by atoms with Crippen LogP contribution in [0.2, 0.25) is 0 Å². The molecule has 1 saturated heterocycles. The molecule has 0 bridgehead atoms. The van der Waals surface area contributed by atoms with Gasteiger partial charge in [0, 0.05) is 42.8 Å². The van der Waals surface area contributed by atoms with Crippen molar-refractivity contribution in [2.24, 2.45) is 0 Å². The SMILES string of the molecule is Cc1c(CN2CCNCC2)c(Br)cc2c1OCCO2. The quantitative estimate of drug-likeness (QED) is 0.900. The van der Waals surface area contributed by atoms with Crippen molar-refractivity contribution in [2.45, 2.75) is 13.5 Å². The number of nitrogens with one attached hydrogen (secondary N) is 1. The van der Waals surface area contributed by atoms with Crippen molar-refractivity contribution < 1.29 is 9.47 Å². The molecule has 0 spiro atoms. The van der Waals surface area contributed by atoms with Gasteiger partial charge in [0.1, 0.15) is 13.2 Å². The number of nitrogens with zero attached hydrogens (tertiary/aromatic N) is 1. The summed E-state index contributed by atoms with van der Waals surface area (Å²) in [5.41, 5.74) is 2.51. The van der Waals surface area contributed by atoms with Crippen LogP contribution in [0.1, 0.15) is 11.1 Å². The van der Waals surface area contributed by atoms with Crippen LogP contribution in [0.3, 0.4) is 0 Å². The van der Waals surface area contributed by atoms with Gasteiger partial charge in [-0.1, -0.05) is 15.9 Å². The van der Waals surface area contributed by atoms with Crippen LogP contribution in [0, 0.1) is 6.92 Å². The second-order valence-electron chi connectivity index (χ2n) is 5.01. The first-order chi connectivity index (χ1) is 9.25. The van der Waals surface area contributed by atoms with Crippen molar-refractivity contribution >= 4 is 15.9 Å². The Morgan fingerprint density at radius 1 is 1.26 bits per heavy atom. The van der Waals surface area contributed by atoms with Crippen LogP contribution >= 0.6 is 15.9 Å². The molecule has 1 N–H and O–H groups in total. The summed E-state index contributed by atoms with van der Waals surface area (Å²) in [6, 6.07) is 2.04. The molecule has 3 rings (SSSR count).